The van der Waals surface area contributed by atoms with Crippen LogP contribution in [0.4, 0.5) is 10.5 Å². The quantitative estimate of drug-likeness (QED) is 0.124. The number of aliphatic hydroxyl groups excluding tert-OH is 2. The summed E-state index contributed by atoms with van der Waals surface area (Å²) in [6.45, 7) is 8.04. The van der Waals surface area contributed by atoms with E-state index in [0.29, 0.717) is 12.3 Å². The van der Waals surface area contributed by atoms with Crippen molar-refractivity contribution in [3.05, 3.63) is 82.1 Å². The molecule has 2 fully saturated rings. The second kappa shape index (κ2) is 18.6. The van der Waals surface area contributed by atoms with E-state index in [4.69, 9.17) is 23.7 Å². The van der Waals surface area contributed by atoms with Gasteiger partial charge in [0, 0.05) is 18.7 Å². The lowest BCUT2D eigenvalue weighted by atomic mass is 9.80. The Morgan fingerprint density at radius 2 is 1.66 bits per heavy atom. The van der Waals surface area contributed by atoms with Crippen LogP contribution in [0, 0.1) is 16.0 Å². The van der Waals surface area contributed by atoms with E-state index in [2.05, 4.69) is 15.4 Å². The largest absolute Gasteiger partial charge is 0.466 e. The van der Waals surface area contributed by atoms with Crippen LogP contribution in [0.3, 0.4) is 0 Å². The fourth-order valence-corrected chi connectivity index (χ4v) is 9.05. The van der Waals surface area contributed by atoms with Crippen LogP contribution in [0.1, 0.15) is 57.8 Å². The molecule has 59 heavy (non-hydrogen) atoms. The molecule has 0 radical (unpaired) electrons. The molecule has 2 aromatic carbocycles. The molecule has 0 bridgehead atoms. The van der Waals surface area contributed by atoms with E-state index in [1.165, 1.54) is 26.1 Å². The van der Waals surface area contributed by atoms with Gasteiger partial charge in [0.25, 0.3) is 11.6 Å². The Labute approximate surface area is 343 Å². The first kappa shape index (κ1) is 45.8. The number of sulfonamides is 1. The highest BCUT2D eigenvalue weighted by Crippen LogP contribution is 2.37. The van der Waals surface area contributed by atoms with E-state index < -0.39 is 116 Å². The lowest BCUT2D eigenvalue weighted by molar-refractivity contribution is -0.387. The smallest absolute Gasteiger partial charge is 0.408 e. The normalized spacial score (nSPS) is 31.3. The summed E-state index contributed by atoms with van der Waals surface area (Å²) in [5.74, 6) is -0.695. The Kier molecular flexibility index (Phi) is 14.4. The van der Waals surface area contributed by atoms with Crippen LogP contribution >= 0.6 is 0 Å². The van der Waals surface area contributed by atoms with Gasteiger partial charge in [0.15, 0.2) is 11.2 Å². The third kappa shape index (κ3) is 10.9. The van der Waals surface area contributed by atoms with E-state index in [0.717, 1.165) is 17.0 Å². The highest BCUT2D eigenvalue weighted by Gasteiger charge is 2.54. The fraction of sp³-hybridized carbons (Fsp3) is 0.590. The Balaban J connectivity index is 1.48. The van der Waals surface area contributed by atoms with Crippen molar-refractivity contribution in [3.63, 3.8) is 0 Å². The van der Waals surface area contributed by atoms with Gasteiger partial charge in [-0.2, -0.15) is 0 Å². The van der Waals surface area contributed by atoms with Crippen molar-refractivity contribution < 1.29 is 61.9 Å². The zero-order valence-corrected chi connectivity index (χ0v) is 34.8. The number of rotatable bonds is 13. The van der Waals surface area contributed by atoms with Crippen molar-refractivity contribution in [3.8, 4) is 0 Å². The zero-order chi connectivity index (χ0) is 43.4. The van der Waals surface area contributed by atoms with Gasteiger partial charge in [-0.1, -0.05) is 37.3 Å². The zero-order valence-electron chi connectivity index (χ0n) is 34.0. The monoisotopic (exact) mass is 849 g/mol. The molecule has 0 aromatic heterocycles. The summed E-state index contributed by atoms with van der Waals surface area (Å²) < 4.78 is 60.4. The SMILES string of the molecule is CNCC1=CC[C@@H](NC(=O)OC(C)(C)C)[C@@H](O[C@H]2[C@H](O)[C@@H](O[C@H]3OC[C@](C)(O)[C@H](N(C)C(=O)c4ccccc4)[C@H]3O)[C@H](NS(=O)(=O)c3ccccc3[N+](=O)[O-])C[C@@H]2C)O1. The van der Waals surface area contributed by atoms with Crippen molar-refractivity contribution in [2.75, 3.05) is 27.2 Å². The van der Waals surface area contributed by atoms with Gasteiger partial charge >= 0.3 is 6.09 Å². The number of ether oxygens (including phenoxy) is 5. The number of carbonyl (C=O) groups excluding carboxylic acids is 2. The van der Waals surface area contributed by atoms with Crippen LogP contribution in [0.2, 0.25) is 0 Å². The molecule has 1 saturated carbocycles. The minimum Gasteiger partial charge on any atom is -0.466 e. The van der Waals surface area contributed by atoms with E-state index >= 15 is 0 Å². The highest BCUT2D eigenvalue weighted by molar-refractivity contribution is 7.89. The van der Waals surface area contributed by atoms with Crippen LogP contribution in [-0.2, 0) is 33.7 Å². The van der Waals surface area contributed by atoms with Crippen molar-refractivity contribution in [1.82, 2.24) is 20.3 Å². The summed E-state index contributed by atoms with van der Waals surface area (Å²) in [5, 5.41) is 53.0. The molecule has 2 heterocycles. The lowest BCUT2D eigenvalue weighted by Crippen LogP contribution is -2.69. The van der Waals surface area contributed by atoms with Crippen LogP contribution in [0.25, 0.3) is 0 Å². The van der Waals surface area contributed by atoms with E-state index in [9.17, 15) is 43.4 Å². The Morgan fingerprint density at radius 1 is 1.02 bits per heavy atom. The van der Waals surface area contributed by atoms with E-state index in [1.54, 1.807) is 71.2 Å². The third-order valence-electron chi connectivity index (χ3n) is 10.3. The van der Waals surface area contributed by atoms with Gasteiger partial charge in [-0.05, 0) is 77.8 Å². The Bertz CT molecular complexity index is 1940. The Morgan fingerprint density at radius 3 is 2.31 bits per heavy atom. The van der Waals surface area contributed by atoms with Gasteiger partial charge in [-0.25, -0.2) is 17.9 Å². The van der Waals surface area contributed by atoms with Crippen LogP contribution < -0.4 is 15.4 Å². The molecule has 11 atom stereocenters. The summed E-state index contributed by atoms with van der Waals surface area (Å²) in [5.41, 5.74) is -3.02. The van der Waals surface area contributed by atoms with Gasteiger partial charge in [0.2, 0.25) is 16.3 Å². The first-order chi connectivity index (χ1) is 27.6. The summed E-state index contributed by atoms with van der Waals surface area (Å²) in [7, 11) is -1.56. The molecule has 2 aliphatic heterocycles. The molecule has 0 spiro atoms. The van der Waals surface area contributed by atoms with Gasteiger partial charge in [0.1, 0.15) is 35.3 Å². The first-order valence-electron chi connectivity index (χ1n) is 19.2. The maximum absolute atomic E-state index is 13.9. The molecule has 2 amide bonds. The number of nitro groups is 1. The van der Waals surface area contributed by atoms with E-state index in [1.807, 2.05) is 0 Å². The summed E-state index contributed by atoms with van der Waals surface area (Å²) in [4.78, 5) is 37.9. The predicted octanol–water partition coefficient (Wildman–Crippen LogP) is 1.76. The maximum Gasteiger partial charge on any atom is 0.408 e. The molecule has 326 valence electrons. The number of benzene rings is 2. The molecule has 1 aliphatic carbocycles. The predicted molar refractivity (Wildman–Crippen MR) is 210 cm³/mol. The molecule has 2 aromatic rings. The lowest BCUT2D eigenvalue weighted by Gasteiger charge is -2.50. The number of para-hydroxylation sites is 1. The number of alkyl carbamates (subject to hydrolysis) is 1. The van der Waals surface area contributed by atoms with Gasteiger partial charge in [-0.15, -0.1) is 0 Å². The molecule has 5 rings (SSSR count). The fourth-order valence-electron chi connectivity index (χ4n) is 7.62. The number of hydrogen-bond acceptors (Lipinski definition) is 15. The Hall–Kier alpha value is -4.25. The molecular weight excluding hydrogens is 795 g/mol. The highest BCUT2D eigenvalue weighted by atomic mass is 32.2. The van der Waals surface area contributed by atoms with Crippen LogP contribution in [0.5, 0.6) is 0 Å². The molecule has 0 unspecified atom stereocenters. The average molecular weight is 850 g/mol. The van der Waals surface area contributed by atoms with Crippen LogP contribution in [-0.4, -0.2) is 139 Å². The molecule has 19 nitrogen and oxygen atoms in total. The second-order valence-electron chi connectivity index (χ2n) is 16.3. The van der Waals surface area contributed by atoms with Crippen molar-refractivity contribution >= 4 is 27.7 Å². The van der Waals surface area contributed by atoms with Gasteiger partial charge in [0.05, 0.1) is 42.3 Å². The number of aliphatic hydroxyl groups is 3. The number of nitrogens with zero attached hydrogens (tertiary/aromatic N) is 2. The standard InChI is InChI=1S/C39H55N5O14S/c1-22-19-26(42-59(52,53)28-16-12-11-15-27(28)44(50)51)32(57-36-30(46)33(39(5,49)21-54-36)43(7)34(47)23-13-9-8-10-14-23)29(45)31(22)56-35-25(18-17-24(55-35)20-40-6)41-37(48)58-38(2,3)4/h8-17,22,25-26,29-33,35-36,40,42,45-46,49H,18-21H2,1-7H3,(H,41,48)/t22-,25+,26+,29-,30+,31+,32-,33+,35+,36+,39-/m0/s1. The van der Waals surface area contributed by atoms with Gasteiger partial charge < -0.3 is 54.5 Å². The molecular formula is C39H55N5O14S. The summed E-state index contributed by atoms with van der Waals surface area (Å²) in [6, 6.07) is 9.50. The first-order valence-corrected chi connectivity index (χ1v) is 20.7. The van der Waals surface area contributed by atoms with Crippen LogP contribution in [0.15, 0.2) is 71.3 Å². The number of likely N-dealkylation sites (N-methyl/N-ethyl adjacent to an activating group) is 2. The van der Waals surface area contributed by atoms with E-state index in [-0.39, 0.29) is 18.4 Å². The number of nitro benzene ring substituents is 1. The second-order valence-corrected chi connectivity index (χ2v) is 18.0. The van der Waals surface area contributed by atoms with Crippen molar-refractivity contribution in [2.24, 2.45) is 5.92 Å². The van der Waals surface area contributed by atoms with Crippen molar-refractivity contribution in [2.45, 2.75) is 119 Å². The minimum absolute atomic E-state index is 0.0846. The molecule has 3 aliphatic rings. The summed E-state index contributed by atoms with van der Waals surface area (Å²) >= 11 is 0. The van der Waals surface area contributed by atoms with Crippen molar-refractivity contribution in [1.29, 1.82) is 0 Å². The number of nitrogens with one attached hydrogen (secondary N) is 3. The third-order valence-corrected chi connectivity index (χ3v) is 11.8. The molecule has 6 N–H and O–H groups in total. The number of amides is 2. The topological polar surface area (TPSA) is 258 Å². The number of carbonyl (C=O) groups is 2. The molecule has 1 saturated heterocycles. The van der Waals surface area contributed by atoms with Gasteiger partial charge in [-0.3, -0.25) is 14.9 Å². The minimum atomic E-state index is -4.67. The summed E-state index contributed by atoms with van der Waals surface area (Å²) in [6.07, 6.45) is -7.86. The molecule has 20 heteroatoms. The number of hydrogen-bond donors (Lipinski definition) is 6. The average Bonchev–Trinajstić information content (AvgIpc) is 3.15. The maximum atomic E-state index is 13.9.